The van der Waals surface area contributed by atoms with Crippen molar-refractivity contribution in [2.75, 3.05) is 7.05 Å². The lowest BCUT2D eigenvalue weighted by Crippen LogP contribution is -2.26. The molecule has 1 fully saturated rings. The smallest absolute Gasteiger partial charge is 0.0990 e. The van der Waals surface area contributed by atoms with Crippen molar-refractivity contribution in [2.45, 2.75) is 19.4 Å². The summed E-state index contributed by atoms with van der Waals surface area (Å²) in [7, 11) is 2.01. The highest BCUT2D eigenvalue weighted by Gasteiger charge is 2.28. The van der Waals surface area contributed by atoms with Gasteiger partial charge in [-0.2, -0.15) is 0 Å². The van der Waals surface area contributed by atoms with E-state index in [2.05, 4.69) is 32.3 Å². The minimum Gasteiger partial charge on any atom is -0.358 e. The van der Waals surface area contributed by atoms with E-state index in [4.69, 9.17) is 5.41 Å². The standard InChI is InChI=1S/C10H13BrN2S/c1-13(10(12)7-2-3-7)5-9-4-8(11)6-14-9/h4,6-7,12H,2-3,5H2,1H3. The Labute approximate surface area is 96.6 Å². The van der Waals surface area contributed by atoms with Crippen LogP contribution >= 0.6 is 27.3 Å². The van der Waals surface area contributed by atoms with Gasteiger partial charge >= 0.3 is 0 Å². The second kappa shape index (κ2) is 4.03. The SMILES string of the molecule is CN(Cc1cc(Br)cs1)C(=N)C1CC1. The monoisotopic (exact) mass is 272 g/mol. The van der Waals surface area contributed by atoms with Crippen LogP contribution in [0.25, 0.3) is 0 Å². The maximum Gasteiger partial charge on any atom is 0.0990 e. The predicted octanol–water partition coefficient (Wildman–Crippen LogP) is 3.33. The molecule has 1 heterocycles. The Morgan fingerprint density at radius 1 is 1.71 bits per heavy atom. The van der Waals surface area contributed by atoms with Crippen molar-refractivity contribution in [1.29, 1.82) is 5.41 Å². The van der Waals surface area contributed by atoms with Crippen LogP contribution in [0.2, 0.25) is 0 Å². The molecule has 1 aromatic heterocycles. The quantitative estimate of drug-likeness (QED) is 0.663. The third kappa shape index (κ3) is 2.36. The number of hydrogen-bond donors (Lipinski definition) is 1. The average Bonchev–Trinajstić information content (AvgIpc) is 2.91. The van der Waals surface area contributed by atoms with Crippen LogP contribution in [-0.4, -0.2) is 17.8 Å². The first-order valence-corrected chi connectivity index (χ1v) is 6.36. The first-order valence-electron chi connectivity index (χ1n) is 4.69. The minimum atomic E-state index is 0.545. The topological polar surface area (TPSA) is 27.1 Å². The van der Waals surface area contributed by atoms with Gasteiger partial charge in [0.05, 0.1) is 12.4 Å². The van der Waals surface area contributed by atoms with Gasteiger partial charge in [-0.3, -0.25) is 5.41 Å². The molecule has 76 valence electrons. The van der Waals surface area contributed by atoms with Crippen molar-refractivity contribution in [3.8, 4) is 0 Å². The molecule has 1 N–H and O–H groups in total. The van der Waals surface area contributed by atoms with E-state index in [1.165, 1.54) is 17.7 Å². The molecule has 1 aliphatic carbocycles. The number of nitrogens with one attached hydrogen (secondary N) is 1. The van der Waals surface area contributed by atoms with E-state index in [1.807, 2.05) is 7.05 Å². The Hall–Kier alpha value is -0.350. The van der Waals surface area contributed by atoms with Crippen LogP contribution in [0.15, 0.2) is 15.9 Å². The van der Waals surface area contributed by atoms with Gasteiger partial charge in [-0.05, 0) is 34.8 Å². The normalized spacial score (nSPS) is 15.6. The molecule has 0 amide bonds. The number of nitrogens with zero attached hydrogens (tertiary/aromatic N) is 1. The molecule has 0 saturated heterocycles. The van der Waals surface area contributed by atoms with Gasteiger partial charge in [-0.1, -0.05) is 0 Å². The van der Waals surface area contributed by atoms with E-state index < -0.39 is 0 Å². The lowest BCUT2D eigenvalue weighted by Gasteiger charge is -2.18. The largest absolute Gasteiger partial charge is 0.358 e. The lowest BCUT2D eigenvalue weighted by molar-refractivity contribution is 0.486. The molecule has 0 bridgehead atoms. The third-order valence-corrected chi connectivity index (χ3v) is 4.07. The Morgan fingerprint density at radius 2 is 2.43 bits per heavy atom. The summed E-state index contributed by atoms with van der Waals surface area (Å²) in [6.07, 6.45) is 2.41. The molecule has 0 atom stereocenters. The maximum absolute atomic E-state index is 7.89. The Bertz CT molecular complexity index is 344. The highest BCUT2D eigenvalue weighted by Crippen LogP contribution is 2.31. The fourth-order valence-corrected chi connectivity index (χ4v) is 2.93. The molecule has 1 aromatic rings. The summed E-state index contributed by atoms with van der Waals surface area (Å²) in [5.41, 5.74) is 0. The molecule has 1 aliphatic rings. The van der Waals surface area contributed by atoms with Crippen molar-refractivity contribution in [1.82, 2.24) is 4.90 Å². The van der Waals surface area contributed by atoms with Gasteiger partial charge in [0.2, 0.25) is 0 Å². The zero-order valence-electron chi connectivity index (χ0n) is 8.09. The van der Waals surface area contributed by atoms with E-state index in [1.54, 1.807) is 11.3 Å². The van der Waals surface area contributed by atoms with E-state index in [0.717, 1.165) is 16.9 Å². The Kier molecular flexibility index (Phi) is 2.93. The van der Waals surface area contributed by atoms with E-state index in [9.17, 15) is 0 Å². The zero-order valence-corrected chi connectivity index (χ0v) is 10.5. The molecule has 0 aliphatic heterocycles. The Morgan fingerprint density at radius 3 is 2.93 bits per heavy atom. The summed E-state index contributed by atoms with van der Waals surface area (Å²) in [5, 5.41) is 9.97. The summed E-state index contributed by atoms with van der Waals surface area (Å²) in [4.78, 5) is 3.36. The molecule has 0 spiro atoms. The molecule has 1 saturated carbocycles. The second-order valence-corrected chi connectivity index (χ2v) is 5.66. The zero-order chi connectivity index (χ0) is 10.1. The van der Waals surface area contributed by atoms with Gasteiger partial charge in [-0.25, -0.2) is 0 Å². The molecule has 4 heteroatoms. The van der Waals surface area contributed by atoms with Crippen LogP contribution in [-0.2, 0) is 6.54 Å². The summed E-state index contributed by atoms with van der Waals surface area (Å²) in [6.45, 7) is 0.867. The molecule has 0 unspecified atom stereocenters. The molecule has 0 aromatic carbocycles. The molecular weight excluding hydrogens is 260 g/mol. The van der Waals surface area contributed by atoms with Gasteiger partial charge in [0.1, 0.15) is 0 Å². The van der Waals surface area contributed by atoms with Crippen LogP contribution in [0.5, 0.6) is 0 Å². The number of rotatable bonds is 3. The average molecular weight is 273 g/mol. The summed E-state index contributed by atoms with van der Waals surface area (Å²) in [6, 6.07) is 2.13. The van der Waals surface area contributed by atoms with Gasteiger partial charge in [0.15, 0.2) is 0 Å². The number of amidine groups is 1. The van der Waals surface area contributed by atoms with Crippen LogP contribution in [0.4, 0.5) is 0 Å². The lowest BCUT2D eigenvalue weighted by atomic mass is 10.3. The second-order valence-electron chi connectivity index (χ2n) is 3.75. The summed E-state index contributed by atoms with van der Waals surface area (Å²) in [5.74, 6) is 1.35. The van der Waals surface area contributed by atoms with Crippen molar-refractivity contribution in [2.24, 2.45) is 5.92 Å². The van der Waals surface area contributed by atoms with Gasteiger partial charge < -0.3 is 4.90 Å². The van der Waals surface area contributed by atoms with Crippen molar-refractivity contribution >= 4 is 33.1 Å². The third-order valence-electron chi connectivity index (χ3n) is 2.39. The first-order chi connectivity index (χ1) is 6.66. The summed E-state index contributed by atoms with van der Waals surface area (Å²) < 4.78 is 1.14. The first kappa shape index (κ1) is 10.2. The van der Waals surface area contributed by atoms with Crippen LogP contribution in [0.3, 0.4) is 0 Å². The number of hydrogen-bond acceptors (Lipinski definition) is 2. The van der Waals surface area contributed by atoms with E-state index >= 15 is 0 Å². The number of thiophene rings is 1. The molecule has 2 nitrogen and oxygen atoms in total. The van der Waals surface area contributed by atoms with Crippen molar-refractivity contribution in [3.63, 3.8) is 0 Å². The highest BCUT2D eigenvalue weighted by atomic mass is 79.9. The summed E-state index contributed by atoms with van der Waals surface area (Å²) >= 11 is 5.18. The highest BCUT2D eigenvalue weighted by molar-refractivity contribution is 9.10. The van der Waals surface area contributed by atoms with Crippen LogP contribution in [0, 0.1) is 11.3 Å². The minimum absolute atomic E-state index is 0.545. The van der Waals surface area contributed by atoms with Gasteiger partial charge in [-0.15, -0.1) is 11.3 Å². The van der Waals surface area contributed by atoms with E-state index in [-0.39, 0.29) is 0 Å². The van der Waals surface area contributed by atoms with Gasteiger partial charge in [0, 0.05) is 27.7 Å². The molecule has 14 heavy (non-hydrogen) atoms. The molecule has 2 rings (SSSR count). The van der Waals surface area contributed by atoms with Crippen LogP contribution < -0.4 is 0 Å². The number of halogens is 1. The predicted molar refractivity (Wildman–Crippen MR) is 63.9 cm³/mol. The molecular formula is C10H13BrN2S. The fourth-order valence-electron chi connectivity index (χ4n) is 1.42. The fraction of sp³-hybridized carbons (Fsp3) is 0.500. The maximum atomic E-state index is 7.89. The van der Waals surface area contributed by atoms with E-state index in [0.29, 0.717) is 5.92 Å². The van der Waals surface area contributed by atoms with Crippen molar-refractivity contribution in [3.05, 3.63) is 20.8 Å². The molecule has 0 radical (unpaired) electrons. The Balaban J connectivity index is 1.93. The van der Waals surface area contributed by atoms with Crippen LogP contribution in [0.1, 0.15) is 17.7 Å². The van der Waals surface area contributed by atoms with Gasteiger partial charge in [0.25, 0.3) is 0 Å². The van der Waals surface area contributed by atoms with Crippen molar-refractivity contribution < 1.29 is 0 Å².